The first kappa shape index (κ1) is 18.5. The number of likely N-dealkylation sites (tertiary alicyclic amines) is 1. The molecular weight excluding hydrogens is 314 g/mol. The van der Waals surface area contributed by atoms with Gasteiger partial charge in [-0.3, -0.25) is 4.79 Å². The minimum absolute atomic E-state index is 0.0257. The van der Waals surface area contributed by atoms with Crippen molar-refractivity contribution in [2.45, 2.75) is 108 Å². The maximum atomic E-state index is 12.8. The predicted molar refractivity (Wildman–Crippen MR) is 99.4 cm³/mol. The fourth-order valence-corrected chi connectivity index (χ4v) is 4.68. The normalized spacial score (nSPS) is 26.7. The molecule has 1 heterocycles. The van der Waals surface area contributed by atoms with Crippen molar-refractivity contribution >= 4 is 11.9 Å². The average Bonchev–Trinajstić information content (AvgIpc) is 3.08. The summed E-state index contributed by atoms with van der Waals surface area (Å²) >= 11 is 0. The van der Waals surface area contributed by atoms with E-state index in [1.54, 1.807) is 4.90 Å². The summed E-state index contributed by atoms with van der Waals surface area (Å²) in [5.41, 5.74) is 0. The van der Waals surface area contributed by atoms with Crippen LogP contribution in [0, 0.1) is 0 Å². The van der Waals surface area contributed by atoms with E-state index in [0.29, 0.717) is 18.6 Å². The lowest BCUT2D eigenvalue weighted by atomic mass is 9.96. The van der Waals surface area contributed by atoms with Crippen molar-refractivity contribution in [3.63, 3.8) is 0 Å². The number of rotatable bonds is 3. The molecule has 0 aromatic carbocycles. The van der Waals surface area contributed by atoms with E-state index in [2.05, 4.69) is 10.6 Å². The van der Waals surface area contributed by atoms with E-state index in [0.717, 1.165) is 38.5 Å². The molecule has 25 heavy (non-hydrogen) atoms. The van der Waals surface area contributed by atoms with Crippen LogP contribution in [0.3, 0.4) is 0 Å². The molecule has 0 spiro atoms. The van der Waals surface area contributed by atoms with Crippen molar-refractivity contribution in [3.8, 4) is 0 Å². The predicted octanol–water partition coefficient (Wildman–Crippen LogP) is 3.72. The molecule has 1 atom stereocenters. The molecule has 1 saturated heterocycles. The third kappa shape index (κ3) is 5.35. The average molecular weight is 350 g/mol. The van der Waals surface area contributed by atoms with Crippen molar-refractivity contribution in [1.29, 1.82) is 0 Å². The van der Waals surface area contributed by atoms with E-state index in [4.69, 9.17) is 0 Å². The highest BCUT2D eigenvalue weighted by molar-refractivity contribution is 5.87. The van der Waals surface area contributed by atoms with E-state index < -0.39 is 0 Å². The molecule has 3 aliphatic rings. The topological polar surface area (TPSA) is 61.4 Å². The van der Waals surface area contributed by atoms with Gasteiger partial charge in [-0.2, -0.15) is 0 Å². The molecule has 3 fully saturated rings. The Morgan fingerprint density at radius 1 is 0.640 bits per heavy atom. The van der Waals surface area contributed by atoms with Crippen LogP contribution in [-0.4, -0.2) is 41.5 Å². The highest BCUT2D eigenvalue weighted by Gasteiger charge is 2.35. The van der Waals surface area contributed by atoms with Gasteiger partial charge in [0.15, 0.2) is 0 Å². The number of amides is 3. The molecule has 3 amide bonds. The van der Waals surface area contributed by atoms with Gasteiger partial charge in [-0.25, -0.2) is 4.79 Å². The van der Waals surface area contributed by atoms with Crippen LogP contribution < -0.4 is 10.6 Å². The molecule has 142 valence electrons. The van der Waals surface area contributed by atoms with Gasteiger partial charge in [-0.05, 0) is 38.5 Å². The van der Waals surface area contributed by atoms with Gasteiger partial charge >= 0.3 is 6.03 Å². The summed E-state index contributed by atoms with van der Waals surface area (Å²) in [6.07, 6.45) is 16.1. The number of carbonyl (C=O) groups is 2. The van der Waals surface area contributed by atoms with Crippen LogP contribution in [0.25, 0.3) is 0 Å². The monoisotopic (exact) mass is 349 g/mol. The molecule has 0 aromatic heterocycles. The van der Waals surface area contributed by atoms with Crippen LogP contribution in [0.4, 0.5) is 4.79 Å². The molecule has 0 radical (unpaired) electrons. The Bertz CT molecular complexity index is 440. The zero-order chi connectivity index (χ0) is 17.5. The van der Waals surface area contributed by atoms with Gasteiger partial charge in [-0.1, -0.05) is 51.4 Å². The van der Waals surface area contributed by atoms with Gasteiger partial charge in [0.05, 0.1) is 0 Å². The fourth-order valence-electron chi connectivity index (χ4n) is 4.68. The van der Waals surface area contributed by atoms with E-state index in [9.17, 15) is 9.59 Å². The van der Waals surface area contributed by atoms with Crippen molar-refractivity contribution in [3.05, 3.63) is 0 Å². The minimum atomic E-state index is -0.269. The lowest BCUT2D eigenvalue weighted by molar-refractivity contribution is -0.125. The molecule has 2 saturated carbocycles. The molecule has 1 aliphatic heterocycles. The molecule has 5 nitrogen and oxygen atoms in total. The molecule has 2 aliphatic carbocycles. The van der Waals surface area contributed by atoms with Crippen LogP contribution in [-0.2, 0) is 4.79 Å². The van der Waals surface area contributed by atoms with Crippen molar-refractivity contribution in [2.24, 2.45) is 0 Å². The molecule has 0 bridgehead atoms. The molecule has 3 rings (SSSR count). The second-order valence-corrected chi connectivity index (χ2v) is 8.19. The van der Waals surface area contributed by atoms with Gasteiger partial charge in [-0.15, -0.1) is 0 Å². The van der Waals surface area contributed by atoms with Crippen molar-refractivity contribution in [1.82, 2.24) is 15.5 Å². The Morgan fingerprint density at radius 2 is 1.16 bits per heavy atom. The Morgan fingerprint density at radius 3 is 1.80 bits per heavy atom. The number of hydrogen-bond acceptors (Lipinski definition) is 2. The highest BCUT2D eigenvalue weighted by atomic mass is 16.2. The summed E-state index contributed by atoms with van der Waals surface area (Å²) in [6.45, 7) is 0.710. The van der Waals surface area contributed by atoms with Crippen LogP contribution in [0.5, 0.6) is 0 Å². The second-order valence-electron chi connectivity index (χ2n) is 8.19. The third-order valence-electron chi connectivity index (χ3n) is 6.20. The maximum absolute atomic E-state index is 12.8. The molecule has 5 heteroatoms. The second kappa shape index (κ2) is 9.44. The van der Waals surface area contributed by atoms with Gasteiger partial charge < -0.3 is 15.5 Å². The molecule has 0 unspecified atom stereocenters. The first-order valence-electron chi connectivity index (χ1n) is 10.6. The van der Waals surface area contributed by atoms with Gasteiger partial charge in [0.25, 0.3) is 0 Å². The summed E-state index contributed by atoms with van der Waals surface area (Å²) in [4.78, 5) is 27.2. The lowest BCUT2D eigenvalue weighted by Crippen LogP contribution is -2.53. The fraction of sp³-hybridized carbons (Fsp3) is 0.900. The zero-order valence-corrected chi connectivity index (χ0v) is 15.6. The number of nitrogens with one attached hydrogen (secondary N) is 2. The third-order valence-corrected chi connectivity index (χ3v) is 6.20. The first-order chi connectivity index (χ1) is 12.2. The Kier molecular flexibility index (Phi) is 7.00. The van der Waals surface area contributed by atoms with E-state index in [1.807, 2.05) is 0 Å². The first-order valence-corrected chi connectivity index (χ1v) is 10.6. The summed E-state index contributed by atoms with van der Waals surface area (Å²) < 4.78 is 0. The van der Waals surface area contributed by atoms with Crippen LogP contribution in [0.1, 0.15) is 89.9 Å². The van der Waals surface area contributed by atoms with Gasteiger partial charge in [0.1, 0.15) is 6.04 Å². The van der Waals surface area contributed by atoms with Gasteiger partial charge in [0, 0.05) is 18.6 Å². The number of carbonyl (C=O) groups excluding carboxylic acids is 2. The quantitative estimate of drug-likeness (QED) is 0.816. The summed E-state index contributed by atoms with van der Waals surface area (Å²) in [5, 5.41) is 6.43. The number of hydrogen-bond donors (Lipinski definition) is 2. The van der Waals surface area contributed by atoms with Crippen LogP contribution in [0.15, 0.2) is 0 Å². The highest BCUT2D eigenvalue weighted by Crippen LogP contribution is 2.22. The van der Waals surface area contributed by atoms with Crippen molar-refractivity contribution in [2.75, 3.05) is 6.54 Å². The van der Waals surface area contributed by atoms with Crippen LogP contribution in [0.2, 0.25) is 0 Å². The van der Waals surface area contributed by atoms with Gasteiger partial charge in [0.2, 0.25) is 5.91 Å². The Balaban J connectivity index is 1.50. The maximum Gasteiger partial charge on any atom is 0.318 e. The van der Waals surface area contributed by atoms with Crippen LogP contribution >= 0.6 is 0 Å². The van der Waals surface area contributed by atoms with E-state index >= 15 is 0 Å². The molecule has 0 aromatic rings. The smallest absolute Gasteiger partial charge is 0.318 e. The van der Waals surface area contributed by atoms with E-state index in [1.165, 1.54) is 51.4 Å². The summed E-state index contributed by atoms with van der Waals surface area (Å²) in [6, 6.07) is 0.309. The summed E-state index contributed by atoms with van der Waals surface area (Å²) in [5.74, 6) is 0.0712. The standard InChI is InChI=1S/C20H35N3O2/c24-19(21-16-10-5-2-1-3-6-11-16)18-14-9-15-23(18)20(25)22-17-12-7-4-8-13-17/h16-18H,1-15H2,(H,21,24)(H,22,25)/t18-/m1/s1. The zero-order valence-electron chi connectivity index (χ0n) is 15.6. The number of urea groups is 1. The van der Waals surface area contributed by atoms with E-state index in [-0.39, 0.29) is 18.0 Å². The molecule has 2 N–H and O–H groups in total. The summed E-state index contributed by atoms with van der Waals surface area (Å²) in [7, 11) is 0. The molecular formula is C20H35N3O2. The van der Waals surface area contributed by atoms with Crippen molar-refractivity contribution < 1.29 is 9.59 Å². The minimum Gasteiger partial charge on any atom is -0.352 e. The Labute approximate surface area is 152 Å². The number of nitrogens with zero attached hydrogens (tertiary/aromatic N) is 1. The lowest BCUT2D eigenvalue weighted by Gasteiger charge is -2.30. The SMILES string of the molecule is O=C(NC1CCCCCCC1)[C@H]1CCCN1C(=O)NC1CCCCC1. The Hall–Kier alpha value is -1.26. The largest absolute Gasteiger partial charge is 0.352 e.